The number of carbonyl (C=O) groups is 1. The van der Waals surface area contributed by atoms with Crippen molar-refractivity contribution in [1.82, 2.24) is 4.90 Å². The minimum atomic E-state index is 0.0151. The van der Waals surface area contributed by atoms with Crippen LogP contribution in [-0.2, 0) is 17.7 Å². The van der Waals surface area contributed by atoms with Crippen molar-refractivity contribution in [1.29, 1.82) is 0 Å². The van der Waals surface area contributed by atoms with Gasteiger partial charge in [0.1, 0.15) is 0 Å². The summed E-state index contributed by atoms with van der Waals surface area (Å²) in [5, 5.41) is 0. The summed E-state index contributed by atoms with van der Waals surface area (Å²) in [5.41, 5.74) is 2.95. The average molecular weight is 301 g/mol. The standard InChI is InChI=1S/C18H23NO3/c1-3-4-15-5-7-17(8-6-15)18(20)19(10-12-21-2)13-16-9-11-22-14-16/h5-9,11,14H,3-4,10,12-13H2,1-2H3. The number of ether oxygens (including phenoxy) is 1. The van der Waals surface area contributed by atoms with Gasteiger partial charge in [-0.05, 0) is 30.2 Å². The van der Waals surface area contributed by atoms with Crippen LogP contribution in [0.15, 0.2) is 47.3 Å². The SMILES string of the molecule is CCCc1ccc(C(=O)N(CCOC)Cc2ccoc2)cc1. The lowest BCUT2D eigenvalue weighted by Gasteiger charge is -2.22. The zero-order valence-electron chi connectivity index (χ0n) is 13.2. The van der Waals surface area contributed by atoms with Gasteiger partial charge in [-0.15, -0.1) is 0 Å². The molecule has 0 atom stereocenters. The number of carbonyl (C=O) groups excluding carboxylic acids is 1. The first-order valence-electron chi connectivity index (χ1n) is 7.62. The molecule has 4 heteroatoms. The largest absolute Gasteiger partial charge is 0.472 e. The van der Waals surface area contributed by atoms with Crippen LogP contribution < -0.4 is 0 Å². The molecular formula is C18H23NO3. The normalized spacial score (nSPS) is 10.6. The minimum absolute atomic E-state index is 0.0151. The molecule has 0 fully saturated rings. The number of furan rings is 1. The van der Waals surface area contributed by atoms with Crippen molar-refractivity contribution in [2.45, 2.75) is 26.3 Å². The van der Waals surface area contributed by atoms with Crippen LogP contribution in [0.3, 0.4) is 0 Å². The highest BCUT2D eigenvalue weighted by Gasteiger charge is 2.16. The fraction of sp³-hybridized carbons (Fsp3) is 0.389. The van der Waals surface area contributed by atoms with Crippen LogP contribution in [0, 0.1) is 0 Å². The quantitative estimate of drug-likeness (QED) is 0.749. The van der Waals surface area contributed by atoms with Gasteiger partial charge in [0.05, 0.1) is 19.1 Å². The molecule has 2 rings (SSSR count). The summed E-state index contributed by atoms with van der Waals surface area (Å²) in [4.78, 5) is 14.5. The van der Waals surface area contributed by atoms with Crippen molar-refractivity contribution in [3.63, 3.8) is 0 Å². The number of rotatable bonds is 8. The molecule has 4 nitrogen and oxygen atoms in total. The molecule has 0 unspecified atom stereocenters. The number of amides is 1. The molecule has 1 heterocycles. The Morgan fingerprint density at radius 2 is 1.95 bits per heavy atom. The van der Waals surface area contributed by atoms with Crippen LogP contribution in [0.2, 0.25) is 0 Å². The molecule has 1 amide bonds. The van der Waals surface area contributed by atoms with E-state index in [1.807, 2.05) is 30.3 Å². The third kappa shape index (κ3) is 4.46. The van der Waals surface area contributed by atoms with Crippen molar-refractivity contribution in [2.24, 2.45) is 0 Å². The van der Waals surface area contributed by atoms with Crippen LogP contribution >= 0.6 is 0 Å². The highest BCUT2D eigenvalue weighted by molar-refractivity contribution is 5.94. The molecule has 0 bridgehead atoms. The van der Waals surface area contributed by atoms with Crippen LogP contribution in [0.5, 0.6) is 0 Å². The number of hydrogen-bond donors (Lipinski definition) is 0. The van der Waals surface area contributed by atoms with Gasteiger partial charge in [0.25, 0.3) is 5.91 Å². The number of methoxy groups -OCH3 is 1. The topological polar surface area (TPSA) is 42.7 Å². The molecule has 0 aliphatic carbocycles. The molecule has 0 N–H and O–H groups in total. The zero-order chi connectivity index (χ0) is 15.8. The predicted octanol–water partition coefficient (Wildman–Crippen LogP) is 3.52. The van der Waals surface area contributed by atoms with E-state index in [1.165, 1.54) is 5.56 Å². The van der Waals surface area contributed by atoms with Gasteiger partial charge in [-0.1, -0.05) is 25.5 Å². The van der Waals surface area contributed by atoms with Gasteiger partial charge >= 0.3 is 0 Å². The number of benzene rings is 1. The lowest BCUT2D eigenvalue weighted by molar-refractivity contribution is 0.0680. The van der Waals surface area contributed by atoms with E-state index in [2.05, 4.69) is 6.92 Å². The van der Waals surface area contributed by atoms with Crippen LogP contribution in [-0.4, -0.2) is 31.1 Å². The van der Waals surface area contributed by atoms with E-state index in [-0.39, 0.29) is 5.91 Å². The number of hydrogen-bond acceptors (Lipinski definition) is 3. The maximum Gasteiger partial charge on any atom is 0.254 e. The molecule has 1 aromatic heterocycles. The lowest BCUT2D eigenvalue weighted by Crippen LogP contribution is -2.33. The van der Waals surface area contributed by atoms with Crippen molar-refractivity contribution in [3.8, 4) is 0 Å². The molecule has 0 spiro atoms. The maximum absolute atomic E-state index is 12.7. The Balaban J connectivity index is 2.09. The van der Waals surface area contributed by atoms with Gasteiger partial charge in [-0.25, -0.2) is 0 Å². The predicted molar refractivity (Wildman–Crippen MR) is 85.8 cm³/mol. The van der Waals surface area contributed by atoms with Gasteiger partial charge < -0.3 is 14.1 Å². The summed E-state index contributed by atoms with van der Waals surface area (Å²) in [6, 6.07) is 9.74. The second-order valence-corrected chi connectivity index (χ2v) is 5.30. The summed E-state index contributed by atoms with van der Waals surface area (Å²) >= 11 is 0. The van der Waals surface area contributed by atoms with E-state index in [0.717, 1.165) is 18.4 Å². The van der Waals surface area contributed by atoms with Gasteiger partial charge in [0.15, 0.2) is 0 Å². The van der Waals surface area contributed by atoms with E-state index in [0.29, 0.717) is 25.3 Å². The summed E-state index contributed by atoms with van der Waals surface area (Å²) in [7, 11) is 1.64. The second-order valence-electron chi connectivity index (χ2n) is 5.30. The highest BCUT2D eigenvalue weighted by atomic mass is 16.5. The Morgan fingerprint density at radius 3 is 2.55 bits per heavy atom. The molecule has 0 saturated heterocycles. The van der Waals surface area contributed by atoms with E-state index in [4.69, 9.17) is 9.15 Å². The van der Waals surface area contributed by atoms with Crippen LogP contribution in [0.1, 0.15) is 34.8 Å². The number of aryl methyl sites for hydroxylation is 1. The van der Waals surface area contributed by atoms with Crippen molar-refractivity contribution >= 4 is 5.91 Å². The average Bonchev–Trinajstić information content (AvgIpc) is 3.05. The van der Waals surface area contributed by atoms with Gasteiger partial charge in [-0.2, -0.15) is 0 Å². The summed E-state index contributed by atoms with van der Waals surface area (Å²) in [5.74, 6) is 0.0151. The van der Waals surface area contributed by atoms with Gasteiger partial charge in [0, 0.05) is 31.3 Å². The van der Waals surface area contributed by atoms with Crippen molar-refractivity contribution in [2.75, 3.05) is 20.3 Å². The fourth-order valence-electron chi connectivity index (χ4n) is 2.34. The molecule has 118 valence electrons. The molecule has 0 aliphatic heterocycles. The second kappa shape index (κ2) is 8.39. The summed E-state index contributed by atoms with van der Waals surface area (Å²) in [6.07, 6.45) is 5.43. The molecule has 0 radical (unpaired) electrons. The molecular weight excluding hydrogens is 278 g/mol. The fourth-order valence-corrected chi connectivity index (χ4v) is 2.34. The van der Waals surface area contributed by atoms with E-state index in [9.17, 15) is 4.79 Å². The summed E-state index contributed by atoms with van der Waals surface area (Å²) < 4.78 is 10.2. The molecule has 1 aromatic carbocycles. The van der Waals surface area contributed by atoms with Crippen molar-refractivity contribution < 1.29 is 13.9 Å². The first-order chi connectivity index (χ1) is 10.7. The molecule has 2 aromatic rings. The van der Waals surface area contributed by atoms with E-state index < -0.39 is 0 Å². The van der Waals surface area contributed by atoms with Crippen LogP contribution in [0.4, 0.5) is 0 Å². The maximum atomic E-state index is 12.7. The molecule has 0 saturated carbocycles. The highest BCUT2D eigenvalue weighted by Crippen LogP contribution is 2.12. The third-order valence-electron chi connectivity index (χ3n) is 3.55. The third-order valence-corrected chi connectivity index (χ3v) is 3.55. The zero-order valence-corrected chi connectivity index (χ0v) is 13.2. The monoisotopic (exact) mass is 301 g/mol. The first-order valence-corrected chi connectivity index (χ1v) is 7.62. The summed E-state index contributed by atoms with van der Waals surface area (Å²) in [6.45, 7) is 3.74. The Morgan fingerprint density at radius 1 is 1.18 bits per heavy atom. The lowest BCUT2D eigenvalue weighted by atomic mass is 10.1. The van der Waals surface area contributed by atoms with E-state index in [1.54, 1.807) is 24.5 Å². The first kappa shape index (κ1) is 16.3. The Labute approximate surface area is 131 Å². The van der Waals surface area contributed by atoms with Crippen LogP contribution in [0.25, 0.3) is 0 Å². The number of nitrogens with zero attached hydrogens (tertiary/aromatic N) is 1. The molecule has 22 heavy (non-hydrogen) atoms. The van der Waals surface area contributed by atoms with Crippen molar-refractivity contribution in [3.05, 3.63) is 59.5 Å². The minimum Gasteiger partial charge on any atom is -0.472 e. The molecule has 0 aliphatic rings. The Kier molecular flexibility index (Phi) is 6.22. The van der Waals surface area contributed by atoms with Gasteiger partial charge in [-0.3, -0.25) is 4.79 Å². The Hall–Kier alpha value is -2.07. The Bertz CT molecular complexity index is 561. The smallest absolute Gasteiger partial charge is 0.254 e. The van der Waals surface area contributed by atoms with Gasteiger partial charge in [0.2, 0.25) is 0 Å². The van der Waals surface area contributed by atoms with E-state index >= 15 is 0 Å².